The second-order valence-corrected chi connectivity index (χ2v) is 6.02. The summed E-state index contributed by atoms with van der Waals surface area (Å²) in [6.07, 6.45) is 0. The summed E-state index contributed by atoms with van der Waals surface area (Å²) >= 11 is 1.72. The molecule has 1 heterocycles. The number of likely N-dealkylation sites (N-methyl/N-ethyl adjacent to an activating group) is 1. The number of hydrogen-bond donors (Lipinski definition) is 1. The highest BCUT2D eigenvalue weighted by Gasteiger charge is 1.98. The molecule has 0 spiro atoms. The maximum Gasteiger partial charge on any atom is 0.122 e. The maximum atomic E-state index is 5.75. The molecule has 0 bridgehead atoms. The molecule has 0 aliphatic carbocycles. The predicted octanol–water partition coefficient (Wildman–Crippen LogP) is 2.98. The molecular formula is C16H22N2OS. The molecule has 108 valence electrons. The third-order valence-electron chi connectivity index (χ3n) is 2.95. The highest BCUT2D eigenvalue weighted by atomic mass is 32.1. The SMILES string of the molecule is CN(C)CCNCc1ccc(OCc2cccs2)cc1. The molecule has 2 rings (SSSR count). The first-order valence-electron chi connectivity index (χ1n) is 6.83. The van der Waals surface area contributed by atoms with Crippen LogP contribution in [0.1, 0.15) is 10.4 Å². The van der Waals surface area contributed by atoms with Crippen molar-refractivity contribution in [1.82, 2.24) is 10.2 Å². The summed E-state index contributed by atoms with van der Waals surface area (Å²) in [6, 6.07) is 12.4. The van der Waals surface area contributed by atoms with Crippen LogP contribution in [0.15, 0.2) is 41.8 Å². The highest BCUT2D eigenvalue weighted by molar-refractivity contribution is 7.09. The zero-order chi connectivity index (χ0) is 14.2. The van der Waals surface area contributed by atoms with Crippen LogP contribution in [-0.4, -0.2) is 32.1 Å². The number of rotatable bonds is 8. The van der Waals surface area contributed by atoms with Gasteiger partial charge in [-0.1, -0.05) is 18.2 Å². The van der Waals surface area contributed by atoms with Crippen LogP contribution in [0.3, 0.4) is 0 Å². The van der Waals surface area contributed by atoms with Crippen LogP contribution in [0.25, 0.3) is 0 Å². The zero-order valence-electron chi connectivity index (χ0n) is 12.1. The van der Waals surface area contributed by atoms with Crippen molar-refractivity contribution in [1.29, 1.82) is 0 Å². The molecule has 4 heteroatoms. The van der Waals surface area contributed by atoms with Gasteiger partial charge in [0.25, 0.3) is 0 Å². The number of nitrogens with one attached hydrogen (secondary N) is 1. The van der Waals surface area contributed by atoms with Crippen molar-refractivity contribution in [3.8, 4) is 5.75 Å². The Bertz CT molecular complexity index is 480. The van der Waals surface area contributed by atoms with Crippen molar-refractivity contribution < 1.29 is 4.74 Å². The standard InChI is InChI=1S/C16H22N2OS/c1-18(2)10-9-17-12-14-5-7-15(8-6-14)19-13-16-4-3-11-20-16/h3-8,11,17H,9-10,12-13H2,1-2H3. The molecule has 0 unspecified atom stereocenters. The molecule has 0 aliphatic rings. The monoisotopic (exact) mass is 290 g/mol. The second kappa shape index (κ2) is 8.04. The molecule has 2 aromatic rings. The van der Waals surface area contributed by atoms with Gasteiger partial charge in [0.2, 0.25) is 0 Å². The molecule has 1 aromatic heterocycles. The number of benzene rings is 1. The fourth-order valence-electron chi connectivity index (χ4n) is 1.79. The van der Waals surface area contributed by atoms with Crippen molar-refractivity contribution in [2.24, 2.45) is 0 Å². The third-order valence-corrected chi connectivity index (χ3v) is 3.80. The van der Waals surface area contributed by atoms with Crippen molar-refractivity contribution in [3.63, 3.8) is 0 Å². The lowest BCUT2D eigenvalue weighted by Gasteiger charge is -2.10. The van der Waals surface area contributed by atoms with Gasteiger partial charge < -0.3 is 15.0 Å². The van der Waals surface area contributed by atoms with Gasteiger partial charge in [-0.15, -0.1) is 11.3 Å². The average molecular weight is 290 g/mol. The van der Waals surface area contributed by atoms with Gasteiger partial charge in [0.05, 0.1) is 0 Å². The lowest BCUT2D eigenvalue weighted by molar-refractivity contribution is 0.309. The van der Waals surface area contributed by atoms with Gasteiger partial charge in [-0.25, -0.2) is 0 Å². The minimum atomic E-state index is 0.651. The fraction of sp³-hybridized carbons (Fsp3) is 0.375. The molecular weight excluding hydrogens is 268 g/mol. The summed E-state index contributed by atoms with van der Waals surface area (Å²) in [7, 11) is 4.17. The van der Waals surface area contributed by atoms with Crippen LogP contribution < -0.4 is 10.1 Å². The van der Waals surface area contributed by atoms with E-state index < -0.39 is 0 Å². The quantitative estimate of drug-likeness (QED) is 0.757. The van der Waals surface area contributed by atoms with Crippen LogP contribution in [0.4, 0.5) is 0 Å². The molecule has 1 aromatic carbocycles. The Morgan fingerprint density at radius 3 is 2.60 bits per heavy atom. The summed E-state index contributed by atoms with van der Waals surface area (Å²) in [5.74, 6) is 0.926. The zero-order valence-corrected chi connectivity index (χ0v) is 13.0. The van der Waals surface area contributed by atoms with Gasteiger partial charge >= 0.3 is 0 Å². The summed E-state index contributed by atoms with van der Waals surface area (Å²) in [4.78, 5) is 3.42. The maximum absolute atomic E-state index is 5.75. The summed E-state index contributed by atoms with van der Waals surface area (Å²) in [5, 5.41) is 5.50. The molecule has 1 N–H and O–H groups in total. The summed E-state index contributed by atoms with van der Waals surface area (Å²) in [6.45, 7) is 3.61. The minimum Gasteiger partial charge on any atom is -0.488 e. The van der Waals surface area contributed by atoms with E-state index in [1.54, 1.807) is 11.3 Å². The lowest BCUT2D eigenvalue weighted by atomic mass is 10.2. The van der Waals surface area contributed by atoms with Gasteiger partial charge in [-0.3, -0.25) is 0 Å². The first kappa shape index (κ1) is 15.0. The van der Waals surface area contributed by atoms with E-state index >= 15 is 0 Å². The average Bonchev–Trinajstić information content (AvgIpc) is 2.96. The van der Waals surface area contributed by atoms with Crippen LogP contribution in [-0.2, 0) is 13.2 Å². The molecule has 0 fully saturated rings. The largest absolute Gasteiger partial charge is 0.488 e. The van der Waals surface area contributed by atoms with Crippen LogP contribution in [0, 0.1) is 0 Å². The van der Waals surface area contributed by atoms with Crippen LogP contribution >= 0.6 is 11.3 Å². The Morgan fingerprint density at radius 1 is 1.15 bits per heavy atom. The Labute approximate surface area is 125 Å². The minimum absolute atomic E-state index is 0.651. The lowest BCUT2D eigenvalue weighted by Crippen LogP contribution is -2.26. The predicted molar refractivity (Wildman–Crippen MR) is 85.4 cm³/mol. The molecule has 3 nitrogen and oxygen atoms in total. The van der Waals surface area contributed by atoms with Crippen molar-refractivity contribution in [2.75, 3.05) is 27.2 Å². The fourth-order valence-corrected chi connectivity index (χ4v) is 2.40. The summed E-state index contributed by atoms with van der Waals surface area (Å²) in [5.41, 5.74) is 1.28. The van der Waals surface area contributed by atoms with Gasteiger partial charge in [-0.2, -0.15) is 0 Å². The molecule has 0 saturated carbocycles. The number of thiophene rings is 1. The Balaban J connectivity index is 1.72. The van der Waals surface area contributed by atoms with Gasteiger partial charge in [0.1, 0.15) is 12.4 Å². The molecule has 0 amide bonds. The van der Waals surface area contributed by atoms with E-state index in [1.807, 2.05) is 18.2 Å². The Morgan fingerprint density at radius 2 is 1.95 bits per heavy atom. The highest BCUT2D eigenvalue weighted by Crippen LogP contribution is 2.16. The molecule has 0 radical (unpaired) electrons. The number of hydrogen-bond acceptors (Lipinski definition) is 4. The third kappa shape index (κ3) is 5.33. The van der Waals surface area contributed by atoms with E-state index in [0.29, 0.717) is 6.61 Å². The van der Waals surface area contributed by atoms with Gasteiger partial charge in [0.15, 0.2) is 0 Å². The Hall–Kier alpha value is -1.36. The first-order chi connectivity index (χ1) is 9.74. The van der Waals surface area contributed by atoms with Crippen molar-refractivity contribution in [2.45, 2.75) is 13.2 Å². The van der Waals surface area contributed by atoms with Crippen molar-refractivity contribution in [3.05, 3.63) is 52.2 Å². The van der Waals surface area contributed by atoms with Gasteiger partial charge in [0, 0.05) is 24.5 Å². The van der Waals surface area contributed by atoms with E-state index in [1.165, 1.54) is 10.4 Å². The summed E-state index contributed by atoms with van der Waals surface area (Å²) < 4.78 is 5.75. The molecule has 20 heavy (non-hydrogen) atoms. The van der Waals surface area contributed by atoms with E-state index in [4.69, 9.17) is 4.74 Å². The van der Waals surface area contributed by atoms with Crippen molar-refractivity contribution >= 4 is 11.3 Å². The smallest absolute Gasteiger partial charge is 0.122 e. The van der Waals surface area contributed by atoms with Gasteiger partial charge in [-0.05, 0) is 43.2 Å². The van der Waals surface area contributed by atoms with E-state index in [2.05, 4.69) is 47.9 Å². The Kier molecular flexibility index (Phi) is 6.05. The van der Waals surface area contributed by atoms with E-state index in [0.717, 1.165) is 25.4 Å². The normalized spacial score (nSPS) is 10.9. The second-order valence-electron chi connectivity index (χ2n) is 4.99. The van der Waals surface area contributed by atoms with E-state index in [9.17, 15) is 0 Å². The van der Waals surface area contributed by atoms with Crippen LogP contribution in [0.2, 0.25) is 0 Å². The molecule has 0 atom stereocenters. The topological polar surface area (TPSA) is 24.5 Å². The van der Waals surface area contributed by atoms with E-state index in [-0.39, 0.29) is 0 Å². The van der Waals surface area contributed by atoms with Crippen LogP contribution in [0.5, 0.6) is 5.75 Å². The number of ether oxygens (including phenoxy) is 1. The number of nitrogens with zero attached hydrogens (tertiary/aromatic N) is 1. The first-order valence-corrected chi connectivity index (χ1v) is 7.71. The molecule has 0 saturated heterocycles. The molecule has 0 aliphatic heterocycles.